The molecule has 0 radical (unpaired) electrons. The fourth-order valence-electron chi connectivity index (χ4n) is 2.94. The molecule has 1 heterocycles. The van der Waals surface area contributed by atoms with Crippen molar-refractivity contribution in [1.29, 1.82) is 0 Å². The van der Waals surface area contributed by atoms with Crippen LogP contribution in [0.3, 0.4) is 0 Å². The second-order valence-corrected chi connectivity index (χ2v) is 7.33. The first kappa shape index (κ1) is 14.9. The van der Waals surface area contributed by atoms with Crippen LogP contribution >= 0.6 is 0 Å². The molecule has 0 amide bonds. The summed E-state index contributed by atoms with van der Waals surface area (Å²) >= 11 is 0. The SMILES string of the molecule is CCCC(C)(C)n1c(C(C)(C)C)nc2cc(N)ccc21. The second-order valence-electron chi connectivity index (χ2n) is 7.33. The largest absolute Gasteiger partial charge is 0.399 e. The lowest BCUT2D eigenvalue weighted by Gasteiger charge is -2.32. The first-order valence-electron chi connectivity index (χ1n) is 7.46. The highest BCUT2D eigenvalue weighted by molar-refractivity contribution is 5.80. The van der Waals surface area contributed by atoms with Gasteiger partial charge in [-0.1, -0.05) is 34.1 Å². The molecule has 1 aromatic heterocycles. The molecular formula is C17H27N3. The summed E-state index contributed by atoms with van der Waals surface area (Å²) in [5, 5.41) is 0. The number of imidazole rings is 1. The zero-order chi connectivity index (χ0) is 15.1. The van der Waals surface area contributed by atoms with Gasteiger partial charge >= 0.3 is 0 Å². The highest BCUT2D eigenvalue weighted by Crippen LogP contribution is 2.34. The van der Waals surface area contributed by atoms with Crippen molar-refractivity contribution in [2.45, 2.75) is 65.3 Å². The average Bonchev–Trinajstić information content (AvgIpc) is 2.67. The standard InChI is InChI=1S/C17H27N3/c1-7-10-17(5,6)20-14-9-8-12(18)11-13(14)19-15(20)16(2,3)4/h8-9,11H,7,10,18H2,1-6H3. The minimum atomic E-state index is 0.0127. The van der Waals surface area contributed by atoms with Crippen molar-refractivity contribution in [1.82, 2.24) is 9.55 Å². The Morgan fingerprint density at radius 2 is 1.80 bits per heavy atom. The van der Waals surface area contributed by atoms with Gasteiger partial charge in [0.05, 0.1) is 11.0 Å². The summed E-state index contributed by atoms with van der Waals surface area (Å²) in [6.45, 7) is 13.5. The van der Waals surface area contributed by atoms with Gasteiger partial charge in [-0.3, -0.25) is 0 Å². The minimum Gasteiger partial charge on any atom is -0.399 e. The summed E-state index contributed by atoms with van der Waals surface area (Å²) in [7, 11) is 0. The van der Waals surface area contributed by atoms with Crippen LogP contribution in [0.15, 0.2) is 18.2 Å². The van der Waals surface area contributed by atoms with Gasteiger partial charge in [0.15, 0.2) is 0 Å². The van der Waals surface area contributed by atoms with E-state index in [2.05, 4.69) is 52.2 Å². The highest BCUT2D eigenvalue weighted by Gasteiger charge is 2.30. The topological polar surface area (TPSA) is 43.8 Å². The number of benzene rings is 1. The molecule has 0 saturated carbocycles. The Hall–Kier alpha value is -1.51. The van der Waals surface area contributed by atoms with Crippen molar-refractivity contribution in [3.05, 3.63) is 24.0 Å². The van der Waals surface area contributed by atoms with Crippen molar-refractivity contribution in [3.63, 3.8) is 0 Å². The van der Waals surface area contributed by atoms with E-state index in [0.717, 1.165) is 29.9 Å². The van der Waals surface area contributed by atoms with Crippen LogP contribution in [-0.4, -0.2) is 9.55 Å². The molecule has 3 nitrogen and oxygen atoms in total. The Kier molecular flexibility index (Phi) is 3.57. The molecule has 2 aromatic rings. The van der Waals surface area contributed by atoms with Gasteiger partial charge in [-0.15, -0.1) is 0 Å². The van der Waals surface area contributed by atoms with Crippen molar-refractivity contribution >= 4 is 16.7 Å². The Bertz CT molecular complexity index is 615. The van der Waals surface area contributed by atoms with Gasteiger partial charge in [0, 0.05) is 16.6 Å². The summed E-state index contributed by atoms with van der Waals surface area (Å²) in [5.74, 6) is 1.14. The predicted molar refractivity (Wildman–Crippen MR) is 87.1 cm³/mol. The van der Waals surface area contributed by atoms with Gasteiger partial charge in [0.1, 0.15) is 5.82 Å². The first-order chi connectivity index (χ1) is 9.16. The molecule has 0 aliphatic rings. The van der Waals surface area contributed by atoms with Crippen LogP contribution in [0.1, 0.15) is 60.2 Å². The number of hydrogen-bond acceptors (Lipinski definition) is 2. The van der Waals surface area contributed by atoms with E-state index < -0.39 is 0 Å². The van der Waals surface area contributed by atoms with Crippen LogP contribution in [0, 0.1) is 0 Å². The molecule has 0 atom stereocenters. The Morgan fingerprint density at radius 3 is 2.35 bits per heavy atom. The number of anilines is 1. The molecule has 0 unspecified atom stereocenters. The maximum atomic E-state index is 5.91. The van der Waals surface area contributed by atoms with Gasteiger partial charge < -0.3 is 10.3 Å². The lowest BCUT2D eigenvalue weighted by Crippen LogP contribution is -2.32. The van der Waals surface area contributed by atoms with Crippen molar-refractivity contribution in [3.8, 4) is 0 Å². The summed E-state index contributed by atoms with van der Waals surface area (Å²) in [6.07, 6.45) is 2.29. The molecule has 0 fully saturated rings. The van der Waals surface area contributed by atoms with E-state index in [1.807, 2.05) is 12.1 Å². The number of nitrogens with zero attached hydrogens (tertiary/aromatic N) is 2. The summed E-state index contributed by atoms with van der Waals surface area (Å²) in [6, 6.07) is 6.04. The Balaban J connectivity index is 2.78. The predicted octanol–water partition coefficient (Wildman–Crippen LogP) is 4.45. The molecule has 20 heavy (non-hydrogen) atoms. The summed E-state index contributed by atoms with van der Waals surface area (Å²) in [4.78, 5) is 4.88. The average molecular weight is 273 g/mol. The molecule has 110 valence electrons. The van der Waals surface area contributed by atoms with Gasteiger partial charge in [-0.25, -0.2) is 4.98 Å². The molecule has 0 bridgehead atoms. The van der Waals surface area contributed by atoms with E-state index >= 15 is 0 Å². The lowest BCUT2D eigenvalue weighted by atomic mass is 9.92. The van der Waals surface area contributed by atoms with Crippen LogP contribution in [0.2, 0.25) is 0 Å². The first-order valence-corrected chi connectivity index (χ1v) is 7.46. The minimum absolute atomic E-state index is 0.0127. The molecule has 0 spiro atoms. The second kappa shape index (κ2) is 4.80. The van der Waals surface area contributed by atoms with E-state index in [9.17, 15) is 0 Å². The Morgan fingerprint density at radius 1 is 1.15 bits per heavy atom. The maximum Gasteiger partial charge on any atom is 0.115 e. The number of nitrogen functional groups attached to an aromatic ring is 1. The lowest BCUT2D eigenvalue weighted by molar-refractivity contribution is 0.306. The van der Waals surface area contributed by atoms with E-state index in [1.165, 1.54) is 5.52 Å². The van der Waals surface area contributed by atoms with Gasteiger partial charge in [-0.05, 0) is 38.5 Å². The molecule has 0 saturated heterocycles. The molecule has 3 heteroatoms. The normalized spacial score (nSPS) is 13.1. The van der Waals surface area contributed by atoms with Gasteiger partial charge in [0.2, 0.25) is 0 Å². The van der Waals surface area contributed by atoms with Crippen LogP contribution in [0.4, 0.5) is 5.69 Å². The van der Waals surface area contributed by atoms with E-state index in [4.69, 9.17) is 10.7 Å². The summed E-state index contributed by atoms with van der Waals surface area (Å²) in [5.41, 5.74) is 8.94. The smallest absolute Gasteiger partial charge is 0.115 e. The third-order valence-electron chi connectivity index (χ3n) is 3.82. The third-order valence-corrected chi connectivity index (χ3v) is 3.82. The van der Waals surface area contributed by atoms with Crippen molar-refractivity contribution < 1.29 is 0 Å². The molecule has 1 aromatic carbocycles. The molecule has 2 rings (SSSR count). The van der Waals surface area contributed by atoms with Gasteiger partial charge in [0.25, 0.3) is 0 Å². The van der Waals surface area contributed by atoms with Crippen molar-refractivity contribution in [2.75, 3.05) is 5.73 Å². The number of aromatic nitrogens is 2. The molecular weight excluding hydrogens is 246 g/mol. The quantitative estimate of drug-likeness (QED) is 0.839. The highest BCUT2D eigenvalue weighted by atomic mass is 15.1. The van der Waals surface area contributed by atoms with Crippen LogP contribution in [0.25, 0.3) is 11.0 Å². The van der Waals surface area contributed by atoms with Gasteiger partial charge in [-0.2, -0.15) is 0 Å². The number of nitrogens with two attached hydrogens (primary N) is 1. The van der Waals surface area contributed by atoms with Crippen LogP contribution in [-0.2, 0) is 11.0 Å². The van der Waals surface area contributed by atoms with Crippen molar-refractivity contribution in [2.24, 2.45) is 0 Å². The zero-order valence-electron chi connectivity index (χ0n) is 13.6. The third kappa shape index (κ3) is 2.54. The van der Waals surface area contributed by atoms with Crippen LogP contribution in [0.5, 0.6) is 0 Å². The monoisotopic (exact) mass is 273 g/mol. The van der Waals surface area contributed by atoms with E-state index in [0.29, 0.717) is 0 Å². The number of hydrogen-bond donors (Lipinski definition) is 1. The number of fused-ring (bicyclic) bond motifs is 1. The Labute approximate surface area is 122 Å². The van der Waals surface area contributed by atoms with Crippen LogP contribution < -0.4 is 5.73 Å². The maximum absolute atomic E-state index is 5.91. The molecule has 0 aliphatic heterocycles. The fourth-order valence-corrected chi connectivity index (χ4v) is 2.94. The zero-order valence-corrected chi connectivity index (χ0v) is 13.6. The van der Waals surface area contributed by atoms with E-state index in [-0.39, 0.29) is 11.0 Å². The molecule has 0 aliphatic carbocycles. The summed E-state index contributed by atoms with van der Waals surface area (Å²) < 4.78 is 2.41. The fraction of sp³-hybridized carbons (Fsp3) is 0.588. The van der Waals surface area contributed by atoms with E-state index in [1.54, 1.807) is 0 Å². The number of rotatable bonds is 3. The molecule has 2 N–H and O–H groups in total.